The molecule has 2 rings (SSSR count). The molecule has 0 bridgehead atoms. The summed E-state index contributed by atoms with van der Waals surface area (Å²) in [6, 6.07) is 7.34. The third-order valence-electron chi connectivity index (χ3n) is 2.30. The van der Waals surface area contributed by atoms with Crippen molar-refractivity contribution in [2.24, 2.45) is 0 Å². The van der Waals surface area contributed by atoms with Gasteiger partial charge in [-0.1, -0.05) is 6.07 Å². The molecule has 0 unspecified atom stereocenters. The molecule has 0 aliphatic rings. The average molecular weight is 324 g/mol. The second-order valence-electron chi connectivity index (χ2n) is 3.66. The first-order chi connectivity index (χ1) is 9.22. The number of nitrogens with zero attached hydrogens (tertiary/aromatic N) is 2. The molecule has 0 saturated heterocycles. The summed E-state index contributed by atoms with van der Waals surface area (Å²) in [7, 11) is 1.61. The highest BCUT2D eigenvalue weighted by molar-refractivity contribution is 9.10. The zero-order valence-electron chi connectivity index (χ0n) is 10.7. The van der Waals surface area contributed by atoms with Gasteiger partial charge in [-0.25, -0.2) is 4.98 Å². The molecular formula is C13H14BrN3O2. The summed E-state index contributed by atoms with van der Waals surface area (Å²) in [5, 5.41) is 3.04. The van der Waals surface area contributed by atoms with Gasteiger partial charge < -0.3 is 14.8 Å². The number of ether oxygens (including phenoxy) is 2. The van der Waals surface area contributed by atoms with Crippen LogP contribution in [-0.4, -0.2) is 23.6 Å². The van der Waals surface area contributed by atoms with Crippen molar-refractivity contribution in [3.8, 4) is 17.4 Å². The Kier molecular flexibility index (Phi) is 4.57. The van der Waals surface area contributed by atoms with Crippen molar-refractivity contribution in [1.29, 1.82) is 0 Å². The Balaban J connectivity index is 2.23. The summed E-state index contributed by atoms with van der Waals surface area (Å²) in [6.45, 7) is 2.73. The summed E-state index contributed by atoms with van der Waals surface area (Å²) in [5.41, 5.74) is 0. The number of methoxy groups -OCH3 is 1. The van der Waals surface area contributed by atoms with Crippen molar-refractivity contribution in [1.82, 2.24) is 9.97 Å². The SMILES string of the molecule is CCNc1ncc(Br)c(Oc2cccc(OC)c2)n1. The monoisotopic (exact) mass is 323 g/mol. The number of hydrogen-bond acceptors (Lipinski definition) is 5. The normalized spacial score (nSPS) is 10.1. The van der Waals surface area contributed by atoms with Crippen molar-refractivity contribution >= 4 is 21.9 Å². The molecule has 6 heteroatoms. The number of rotatable bonds is 5. The standard InChI is InChI=1S/C13H14BrN3O2/c1-3-15-13-16-8-11(14)12(17-13)19-10-6-4-5-9(7-10)18-2/h4-8H,3H2,1-2H3,(H,15,16,17). The van der Waals surface area contributed by atoms with E-state index in [4.69, 9.17) is 9.47 Å². The maximum atomic E-state index is 5.72. The minimum absolute atomic E-state index is 0.458. The number of aromatic nitrogens is 2. The Labute approximate surface area is 120 Å². The molecule has 0 aliphatic carbocycles. The lowest BCUT2D eigenvalue weighted by atomic mass is 10.3. The first-order valence-electron chi connectivity index (χ1n) is 5.81. The summed E-state index contributed by atoms with van der Waals surface area (Å²) >= 11 is 3.37. The Morgan fingerprint density at radius 1 is 1.32 bits per heavy atom. The lowest BCUT2D eigenvalue weighted by Crippen LogP contribution is -2.03. The van der Waals surface area contributed by atoms with Crippen LogP contribution in [0.5, 0.6) is 17.4 Å². The third kappa shape index (κ3) is 3.57. The van der Waals surface area contributed by atoms with Crippen molar-refractivity contribution in [2.45, 2.75) is 6.92 Å². The fraction of sp³-hybridized carbons (Fsp3) is 0.231. The lowest BCUT2D eigenvalue weighted by Gasteiger charge is -2.09. The molecule has 0 amide bonds. The van der Waals surface area contributed by atoms with Gasteiger partial charge in [0.2, 0.25) is 11.8 Å². The zero-order valence-corrected chi connectivity index (χ0v) is 12.3. The predicted octanol–water partition coefficient (Wildman–Crippen LogP) is 3.47. The first-order valence-corrected chi connectivity index (χ1v) is 6.60. The maximum Gasteiger partial charge on any atom is 0.238 e. The number of anilines is 1. The second kappa shape index (κ2) is 6.38. The van der Waals surface area contributed by atoms with Crippen LogP contribution in [-0.2, 0) is 0 Å². The highest BCUT2D eigenvalue weighted by Gasteiger charge is 2.07. The molecule has 0 fully saturated rings. The summed E-state index contributed by atoms with van der Waals surface area (Å²) in [4.78, 5) is 8.41. The molecule has 5 nitrogen and oxygen atoms in total. The van der Waals surface area contributed by atoms with Gasteiger partial charge in [0.15, 0.2) is 0 Å². The van der Waals surface area contributed by atoms with Crippen LogP contribution in [0.4, 0.5) is 5.95 Å². The van der Waals surface area contributed by atoms with Crippen molar-refractivity contribution in [3.63, 3.8) is 0 Å². The first kappa shape index (κ1) is 13.6. The van der Waals surface area contributed by atoms with Crippen LogP contribution in [0.15, 0.2) is 34.9 Å². The van der Waals surface area contributed by atoms with Crippen LogP contribution < -0.4 is 14.8 Å². The van der Waals surface area contributed by atoms with E-state index in [-0.39, 0.29) is 0 Å². The van der Waals surface area contributed by atoms with E-state index in [9.17, 15) is 0 Å². The van der Waals surface area contributed by atoms with Gasteiger partial charge in [-0.05, 0) is 35.0 Å². The number of halogens is 1. The molecule has 1 aromatic carbocycles. The summed E-state index contributed by atoms with van der Waals surface area (Å²) in [6.07, 6.45) is 1.65. The molecule has 0 atom stereocenters. The average Bonchev–Trinajstić information content (AvgIpc) is 2.43. The molecule has 0 aliphatic heterocycles. The fourth-order valence-electron chi connectivity index (χ4n) is 1.44. The molecule has 0 spiro atoms. The highest BCUT2D eigenvalue weighted by Crippen LogP contribution is 2.29. The molecule has 1 aromatic heterocycles. The lowest BCUT2D eigenvalue weighted by molar-refractivity contribution is 0.407. The van der Waals surface area contributed by atoms with E-state index in [1.807, 2.05) is 25.1 Å². The van der Waals surface area contributed by atoms with E-state index in [2.05, 4.69) is 31.2 Å². The van der Waals surface area contributed by atoms with Crippen LogP contribution in [0.1, 0.15) is 6.92 Å². The molecule has 0 saturated carbocycles. The van der Waals surface area contributed by atoms with Gasteiger partial charge in [-0.15, -0.1) is 0 Å². The number of benzene rings is 1. The Morgan fingerprint density at radius 3 is 2.84 bits per heavy atom. The van der Waals surface area contributed by atoms with Gasteiger partial charge in [0, 0.05) is 12.6 Å². The van der Waals surface area contributed by atoms with E-state index in [0.29, 0.717) is 22.1 Å². The van der Waals surface area contributed by atoms with Gasteiger partial charge in [-0.3, -0.25) is 0 Å². The van der Waals surface area contributed by atoms with Gasteiger partial charge in [0.25, 0.3) is 0 Å². The van der Waals surface area contributed by atoms with E-state index in [1.54, 1.807) is 19.4 Å². The predicted molar refractivity (Wildman–Crippen MR) is 77.0 cm³/mol. The number of hydrogen-bond donors (Lipinski definition) is 1. The van der Waals surface area contributed by atoms with E-state index in [1.165, 1.54) is 0 Å². The van der Waals surface area contributed by atoms with Crippen LogP contribution in [0.2, 0.25) is 0 Å². The molecule has 0 radical (unpaired) electrons. The highest BCUT2D eigenvalue weighted by atomic mass is 79.9. The zero-order chi connectivity index (χ0) is 13.7. The van der Waals surface area contributed by atoms with E-state index >= 15 is 0 Å². The quantitative estimate of drug-likeness (QED) is 0.913. The number of nitrogens with one attached hydrogen (secondary N) is 1. The van der Waals surface area contributed by atoms with Gasteiger partial charge in [0.1, 0.15) is 11.5 Å². The van der Waals surface area contributed by atoms with E-state index < -0.39 is 0 Å². The Hall–Kier alpha value is -1.82. The Bertz CT molecular complexity index is 563. The molecular weight excluding hydrogens is 310 g/mol. The molecule has 100 valence electrons. The summed E-state index contributed by atoms with van der Waals surface area (Å²) < 4.78 is 11.6. The van der Waals surface area contributed by atoms with Gasteiger partial charge in [-0.2, -0.15) is 4.98 Å². The van der Waals surface area contributed by atoms with Crippen LogP contribution in [0.3, 0.4) is 0 Å². The Morgan fingerprint density at radius 2 is 2.11 bits per heavy atom. The van der Waals surface area contributed by atoms with Crippen molar-refractivity contribution in [3.05, 3.63) is 34.9 Å². The van der Waals surface area contributed by atoms with Crippen molar-refractivity contribution in [2.75, 3.05) is 19.0 Å². The minimum atomic E-state index is 0.458. The van der Waals surface area contributed by atoms with Gasteiger partial charge in [0.05, 0.1) is 17.8 Å². The summed E-state index contributed by atoms with van der Waals surface area (Å²) in [5.74, 6) is 2.37. The van der Waals surface area contributed by atoms with E-state index in [0.717, 1.165) is 12.3 Å². The van der Waals surface area contributed by atoms with Gasteiger partial charge >= 0.3 is 0 Å². The van der Waals surface area contributed by atoms with Crippen molar-refractivity contribution < 1.29 is 9.47 Å². The smallest absolute Gasteiger partial charge is 0.238 e. The fourth-order valence-corrected chi connectivity index (χ4v) is 1.71. The van der Waals surface area contributed by atoms with Crippen LogP contribution >= 0.6 is 15.9 Å². The largest absolute Gasteiger partial charge is 0.497 e. The molecule has 1 N–H and O–H groups in total. The molecule has 1 heterocycles. The second-order valence-corrected chi connectivity index (χ2v) is 4.51. The van der Waals surface area contributed by atoms with Crippen LogP contribution in [0, 0.1) is 0 Å². The van der Waals surface area contributed by atoms with Crippen LogP contribution in [0.25, 0.3) is 0 Å². The maximum absolute atomic E-state index is 5.72. The molecule has 2 aromatic rings. The minimum Gasteiger partial charge on any atom is -0.497 e. The topological polar surface area (TPSA) is 56.3 Å². The third-order valence-corrected chi connectivity index (χ3v) is 2.85. The molecule has 19 heavy (non-hydrogen) atoms.